The van der Waals surface area contributed by atoms with Gasteiger partial charge in [0.1, 0.15) is 17.6 Å². The maximum absolute atomic E-state index is 14.4. The van der Waals surface area contributed by atoms with Gasteiger partial charge in [-0.05, 0) is 51.4 Å². The number of allylic oxidation sites excluding steroid dienone is 1. The van der Waals surface area contributed by atoms with Crippen molar-refractivity contribution < 1.29 is 29.0 Å². The highest BCUT2D eigenvalue weighted by molar-refractivity contribution is 5.98. The number of aliphatic hydroxyl groups is 1. The third-order valence-corrected chi connectivity index (χ3v) is 9.28. The second kappa shape index (κ2) is 11.3. The lowest BCUT2D eigenvalue weighted by Gasteiger charge is -2.41. The van der Waals surface area contributed by atoms with Crippen LogP contribution in [0.5, 0.6) is 0 Å². The summed E-state index contributed by atoms with van der Waals surface area (Å²) >= 11 is 0. The molecule has 0 aromatic heterocycles. The van der Waals surface area contributed by atoms with Gasteiger partial charge in [0.05, 0.1) is 18.1 Å². The number of nitrogens with zero attached hydrogens (tertiary/aromatic N) is 2. The molecular formula is C29H44N2O6. The van der Waals surface area contributed by atoms with Crippen molar-refractivity contribution in [1.29, 1.82) is 0 Å². The van der Waals surface area contributed by atoms with E-state index in [1.165, 1.54) is 6.42 Å². The van der Waals surface area contributed by atoms with Gasteiger partial charge in [-0.1, -0.05) is 38.3 Å². The minimum atomic E-state index is -1.09. The van der Waals surface area contributed by atoms with Crippen LogP contribution in [0.25, 0.3) is 0 Å². The molecule has 3 saturated heterocycles. The summed E-state index contributed by atoms with van der Waals surface area (Å²) in [6.45, 7) is 12.3. The van der Waals surface area contributed by atoms with E-state index in [-0.39, 0.29) is 43.5 Å². The molecule has 8 nitrogen and oxygen atoms in total. The minimum absolute atomic E-state index is 0.0297. The molecule has 0 aromatic carbocycles. The van der Waals surface area contributed by atoms with Crippen LogP contribution >= 0.6 is 0 Å². The number of likely N-dealkylation sites (tertiary alicyclic amines) is 1. The molecule has 1 N–H and O–H groups in total. The predicted molar refractivity (Wildman–Crippen MR) is 139 cm³/mol. The van der Waals surface area contributed by atoms with Gasteiger partial charge in [-0.2, -0.15) is 0 Å². The zero-order valence-corrected chi connectivity index (χ0v) is 22.5. The van der Waals surface area contributed by atoms with E-state index in [0.29, 0.717) is 25.8 Å². The van der Waals surface area contributed by atoms with E-state index in [0.717, 1.165) is 32.1 Å². The van der Waals surface area contributed by atoms with Crippen LogP contribution in [-0.4, -0.2) is 82.3 Å². The molecule has 4 rings (SSSR count). The first-order valence-electron chi connectivity index (χ1n) is 14.1. The van der Waals surface area contributed by atoms with Crippen LogP contribution < -0.4 is 0 Å². The molecule has 4 fully saturated rings. The van der Waals surface area contributed by atoms with Crippen LogP contribution in [0.3, 0.4) is 0 Å². The number of aliphatic hydroxyl groups excluding tert-OH is 1. The van der Waals surface area contributed by atoms with Crippen molar-refractivity contribution in [1.82, 2.24) is 9.80 Å². The van der Waals surface area contributed by atoms with Crippen molar-refractivity contribution in [2.24, 2.45) is 17.8 Å². The molecule has 1 aliphatic carbocycles. The molecule has 37 heavy (non-hydrogen) atoms. The summed E-state index contributed by atoms with van der Waals surface area (Å²) < 4.78 is 12.4. The quantitative estimate of drug-likeness (QED) is 0.243. The number of esters is 1. The Morgan fingerprint density at radius 2 is 1.95 bits per heavy atom. The van der Waals surface area contributed by atoms with Crippen LogP contribution in [0.2, 0.25) is 0 Å². The molecule has 0 aromatic rings. The van der Waals surface area contributed by atoms with Crippen LogP contribution in [0.1, 0.15) is 71.6 Å². The summed E-state index contributed by atoms with van der Waals surface area (Å²) in [7, 11) is 0. The fraction of sp³-hybridized carbons (Fsp3) is 0.759. The molecule has 3 heterocycles. The molecular weight excluding hydrogens is 472 g/mol. The lowest BCUT2D eigenvalue weighted by Crippen LogP contribution is -2.58. The lowest BCUT2D eigenvalue weighted by atomic mass is 9.62. The molecule has 1 saturated carbocycles. The van der Waals surface area contributed by atoms with Gasteiger partial charge in [-0.3, -0.25) is 14.4 Å². The number of hydrogen-bond acceptors (Lipinski definition) is 6. The molecule has 3 unspecified atom stereocenters. The van der Waals surface area contributed by atoms with Gasteiger partial charge in [0.25, 0.3) is 0 Å². The molecule has 0 radical (unpaired) electrons. The normalized spacial score (nSPS) is 34.9. The Hall–Kier alpha value is -2.19. The Labute approximate surface area is 221 Å². The number of rotatable bonds is 12. The second-order valence-corrected chi connectivity index (χ2v) is 11.5. The zero-order valence-electron chi connectivity index (χ0n) is 22.5. The first kappa shape index (κ1) is 27.8. The Kier molecular flexibility index (Phi) is 8.48. The number of carbonyl (C=O) groups excluding carboxylic acids is 3. The van der Waals surface area contributed by atoms with E-state index >= 15 is 0 Å². The number of amides is 2. The molecule has 6 atom stereocenters. The highest BCUT2D eigenvalue weighted by Gasteiger charge is 2.80. The van der Waals surface area contributed by atoms with Gasteiger partial charge in [0.15, 0.2) is 0 Å². The highest BCUT2D eigenvalue weighted by Crippen LogP contribution is 2.65. The van der Waals surface area contributed by atoms with Gasteiger partial charge in [0, 0.05) is 25.7 Å². The summed E-state index contributed by atoms with van der Waals surface area (Å²) in [5.74, 6) is -2.37. The fourth-order valence-electron chi connectivity index (χ4n) is 7.46. The maximum Gasteiger partial charge on any atom is 0.312 e. The number of ether oxygens (including phenoxy) is 2. The average molecular weight is 517 g/mol. The van der Waals surface area contributed by atoms with Crippen LogP contribution in [0.15, 0.2) is 25.3 Å². The van der Waals surface area contributed by atoms with E-state index in [1.807, 2.05) is 18.7 Å². The average Bonchev–Trinajstić information content (AvgIpc) is 3.40. The topological polar surface area (TPSA) is 96.4 Å². The van der Waals surface area contributed by atoms with Crippen LogP contribution in [0.4, 0.5) is 0 Å². The van der Waals surface area contributed by atoms with Crippen LogP contribution in [0, 0.1) is 17.8 Å². The summed E-state index contributed by atoms with van der Waals surface area (Å²) in [5, 5.41) is 9.57. The molecule has 4 aliphatic rings. The number of fused-ring (bicyclic) bond motifs is 1. The molecule has 8 heteroatoms. The minimum Gasteiger partial charge on any atom is -0.465 e. The second-order valence-electron chi connectivity index (χ2n) is 11.5. The molecule has 2 bridgehead atoms. The van der Waals surface area contributed by atoms with Gasteiger partial charge in [-0.25, -0.2) is 0 Å². The highest BCUT2D eigenvalue weighted by atomic mass is 16.6. The van der Waals surface area contributed by atoms with Crippen molar-refractivity contribution in [2.45, 2.75) is 94.9 Å². The van der Waals surface area contributed by atoms with Gasteiger partial charge >= 0.3 is 5.97 Å². The van der Waals surface area contributed by atoms with E-state index in [4.69, 9.17) is 9.47 Å². The standard InChI is InChI=1S/C29H44N2O6/c1-5-7-11-18-36-27(35)23-22-25(33)31(16-12-17-32)24(29(22)19-20(3)28(23,4)37-29)26(34)30(15-6-2)21-13-9-8-10-14-21/h5-6,20-24,32H,1-2,7-19H2,3-4H3/t20?,22-,23+,24?,28-,29?/m0/s1. The van der Waals surface area contributed by atoms with Crippen molar-refractivity contribution in [3.63, 3.8) is 0 Å². The van der Waals surface area contributed by atoms with Crippen molar-refractivity contribution in [3.05, 3.63) is 25.3 Å². The monoisotopic (exact) mass is 516 g/mol. The Morgan fingerprint density at radius 1 is 1.22 bits per heavy atom. The molecule has 2 amide bonds. The number of hydrogen-bond donors (Lipinski definition) is 1. The van der Waals surface area contributed by atoms with Crippen molar-refractivity contribution in [2.75, 3.05) is 26.3 Å². The zero-order chi connectivity index (χ0) is 26.8. The van der Waals surface area contributed by atoms with Crippen molar-refractivity contribution >= 4 is 17.8 Å². The molecule has 1 spiro atoms. The number of unbranched alkanes of at least 4 members (excludes halogenated alkanes) is 1. The maximum atomic E-state index is 14.4. The fourth-order valence-corrected chi connectivity index (χ4v) is 7.46. The third-order valence-electron chi connectivity index (χ3n) is 9.28. The van der Waals surface area contributed by atoms with E-state index < -0.39 is 35.0 Å². The first-order chi connectivity index (χ1) is 17.8. The summed E-state index contributed by atoms with van der Waals surface area (Å²) in [5.41, 5.74) is -1.97. The smallest absolute Gasteiger partial charge is 0.312 e. The molecule has 206 valence electrons. The van der Waals surface area contributed by atoms with Gasteiger partial charge in [-0.15, -0.1) is 13.2 Å². The van der Waals surface area contributed by atoms with Gasteiger partial charge in [0.2, 0.25) is 11.8 Å². The van der Waals surface area contributed by atoms with E-state index in [9.17, 15) is 19.5 Å². The SMILES string of the molecule is C=CCCCOC(=O)[C@H]1[C@H]2C(=O)N(CCCO)C(C(=O)N(CC=C)C3CCCCC3)C23CC(C)[C@]1(C)O3. The summed E-state index contributed by atoms with van der Waals surface area (Å²) in [6.07, 6.45) is 11.0. The summed E-state index contributed by atoms with van der Waals surface area (Å²) in [6, 6.07) is -0.733. The van der Waals surface area contributed by atoms with E-state index in [1.54, 1.807) is 17.1 Å². The summed E-state index contributed by atoms with van der Waals surface area (Å²) in [4.78, 5) is 45.4. The van der Waals surface area contributed by atoms with E-state index in [2.05, 4.69) is 13.2 Å². The number of carbonyl (C=O) groups is 3. The largest absolute Gasteiger partial charge is 0.465 e. The molecule has 3 aliphatic heterocycles. The van der Waals surface area contributed by atoms with Crippen molar-refractivity contribution in [3.8, 4) is 0 Å². The first-order valence-corrected chi connectivity index (χ1v) is 14.1. The van der Waals surface area contributed by atoms with Crippen LogP contribution in [-0.2, 0) is 23.9 Å². The predicted octanol–water partition coefficient (Wildman–Crippen LogP) is 3.24. The Balaban J connectivity index is 1.70. The Bertz CT molecular complexity index is 901. The van der Waals surface area contributed by atoms with Gasteiger partial charge < -0.3 is 24.4 Å². The third kappa shape index (κ3) is 4.65. The Morgan fingerprint density at radius 3 is 2.59 bits per heavy atom. The lowest BCUT2D eigenvalue weighted by molar-refractivity contribution is -0.162.